The van der Waals surface area contributed by atoms with E-state index in [0.29, 0.717) is 38.0 Å². The normalized spacial score (nSPS) is 15.5. The van der Waals surface area contributed by atoms with Gasteiger partial charge in [-0.15, -0.1) is 0 Å². The maximum Gasteiger partial charge on any atom is 0.243 e. The lowest BCUT2D eigenvalue weighted by molar-refractivity contribution is -0.121. The van der Waals surface area contributed by atoms with Crippen molar-refractivity contribution in [3.05, 3.63) is 48.5 Å². The average molecular weight is 430 g/mol. The van der Waals surface area contributed by atoms with Crippen LogP contribution in [0.4, 0.5) is 5.69 Å². The third-order valence-corrected chi connectivity index (χ3v) is 7.08. The van der Waals surface area contributed by atoms with Crippen molar-refractivity contribution in [2.75, 3.05) is 18.4 Å². The van der Waals surface area contributed by atoms with E-state index in [-0.39, 0.29) is 22.8 Å². The van der Waals surface area contributed by atoms with Crippen LogP contribution >= 0.6 is 0 Å². The van der Waals surface area contributed by atoms with Crippen molar-refractivity contribution >= 4 is 27.5 Å². The van der Waals surface area contributed by atoms with E-state index >= 15 is 0 Å². The predicted octanol–water partition coefficient (Wildman–Crippen LogP) is 2.99. The van der Waals surface area contributed by atoms with Gasteiger partial charge >= 0.3 is 0 Å². The number of carbonyl (C=O) groups is 2. The Labute approximate surface area is 177 Å². The van der Waals surface area contributed by atoms with Crippen LogP contribution in [0, 0.1) is 0 Å². The first kappa shape index (κ1) is 22.0. The van der Waals surface area contributed by atoms with E-state index in [1.54, 1.807) is 31.2 Å². The molecule has 160 valence electrons. The van der Waals surface area contributed by atoms with Crippen LogP contribution in [0.1, 0.15) is 33.1 Å². The molecule has 0 aromatic heterocycles. The molecule has 1 saturated heterocycles. The number of rotatable bonds is 6. The van der Waals surface area contributed by atoms with Crippen LogP contribution < -0.4 is 10.6 Å². The summed E-state index contributed by atoms with van der Waals surface area (Å²) < 4.78 is 27.4. The minimum atomic E-state index is -3.57. The number of hydrogen-bond donors (Lipinski definition) is 2. The Hall–Kier alpha value is -2.71. The van der Waals surface area contributed by atoms with E-state index in [0.717, 1.165) is 11.1 Å². The number of carbonyl (C=O) groups excluding carboxylic acids is 2. The minimum Gasteiger partial charge on any atom is -0.353 e. The molecule has 1 fully saturated rings. The highest BCUT2D eigenvalue weighted by Crippen LogP contribution is 2.26. The van der Waals surface area contributed by atoms with Gasteiger partial charge in [0.05, 0.1) is 4.90 Å². The molecule has 7 nitrogen and oxygen atoms in total. The summed E-state index contributed by atoms with van der Waals surface area (Å²) in [5, 5.41) is 5.66. The van der Waals surface area contributed by atoms with Crippen molar-refractivity contribution < 1.29 is 18.0 Å². The fourth-order valence-electron chi connectivity index (χ4n) is 3.49. The van der Waals surface area contributed by atoms with Gasteiger partial charge in [0.1, 0.15) is 0 Å². The first-order valence-electron chi connectivity index (χ1n) is 10.1. The molecule has 0 spiro atoms. The smallest absolute Gasteiger partial charge is 0.243 e. The molecule has 2 aromatic rings. The van der Waals surface area contributed by atoms with Crippen LogP contribution in [0.25, 0.3) is 11.1 Å². The fraction of sp³-hybridized carbons (Fsp3) is 0.364. The summed E-state index contributed by atoms with van der Waals surface area (Å²) in [5.41, 5.74) is 2.54. The Kier molecular flexibility index (Phi) is 6.89. The van der Waals surface area contributed by atoms with Crippen LogP contribution in [0.5, 0.6) is 0 Å². The van der Waals surface area contributed by atoms with Crippen molar-refractivity contribution in [1.29, 1.82) is 0 Å². The quantitative estimate of drug-likeness (QED) is 0.738. The largest absolute Gasteiger partial charge is 0.353 e. The highest BCUT2D eigenvalue weighted by Gasteiger charge is 2.29. The predicted molar refractivity (Wildman–Crippen MR) is 116 cm³/mol. The molecule has 0 atom stereocenters. The van der Waals surface area contributed by atoms with Crippen LogP contribution in [0.3, 0.4) is 0 Å². The standard InChI is InChI=1S/C22H27N3O4S/c1-3-22(27)24-20-12-14-25(15-13-20)30(28,29)21-10-6-18(7-11-21)17-4-8-19(9-5-17)23-16(2)26/h4-11,20H,3,12-15H2,1-2H3,(H,23,26)(H,24,27). The lowest BCUT2D eigenvalue weighted by Gasteiger charge is -2.31. The molecule has 0 aliphatic carbocycles. The lowest BCUT2D eigenvalue weighted by atomic mass is 10.1. The maximum absolute atomic E-state index is 13.0. The number of benzene rings is 2. The highest BCUT2D eigenvalue weighted by molar-refractivity contribution is 7.89. The first-order chi connectivity index (χ1) is 14.3. The molecule has 0 radical (unpaired) electrons. The molecule has 0 saturated carbocycles. The molecule has 2 aromatic carbocycles. The van der Waals surface area contributed by atoms with Gasteiger partial charge in [0.15, 0.2) is 0 Å². The van der Waals surface area contributed by atoms with Crippen LogP contribution in [-0.4, -0.2) is 43.7 Å². The topological polar surface area (TPSA) is 95.6 Å². The monoisotopic (exact) mass is 429 g/mol. The minimum absolute atomic E-state index is 0.00277. The number of nitrogens with zero attached hydrogens (tertiary/aromatic N) is 1. The van der Waals surface area contributed by atoms with Crippen LogP contribution in [-0.2, 0) is 19.6 Å². The zero-order valence-electron chi connectivity index (χ0n) is 17.2. The van der Waals surface area contributed by atoms with E-state index in [9.17, 15) is 18.0 Å². The Bertz CT molecular complexity index is 994. The number of anilines is 1. The zero-order chi connectivity index (χ0) is 21.7. The third kappa shape index (κ3) is 5.25. The van der Waals surface area contributed by atoms with E-state index in [4.69, 9.17) is 0 Å². The Morgan fingerprint density at radius 3 is 2.00 bits per heavy atom. The SMILES string of the molecule is CCC(=O)NC1CCN(S(=O)(=O)c2ccc(-c3ccc(NC(C)=O)cc3)cc2)CC1. The highest BCUT2D eigenvalue weighted by atomic mass is 32.2. The van der Waals surface area contributed by atoms with E-state index < -0.39 is 10.0 Å². The van der Waals surface area contributed by atoms with Crippen molar-refractivity contribution in [2.45, 2.75) is 44.0 Å². The van der Waals surface area contributed by atoms with Gasteiger partial charge in [-0.25, -0.2) is 8.42 Å². The number of nitrogens with one attached hydrogen (secondary N) is 2. The third-order valence-electron chi connectivity index (χ3n) is 5.17. The summed E-state index contributed by atoms with van der Waals surface area (Å²) in [6.07, 6.45) is 1.66. The molecule has 0 bridgehead atoms. The van der Waals surface area contributed by atoms with Gasteiger partial charge in [-0.1, -0.05) is 31.2 Å². The molecular weight excluding hydrogens is 402 g/mol. The number of piperidine rings is 1. The van der Waals surface area contributed by atoms with Gasteiger partial charge in [0.25, 0.3) is 0 Å². The Morgan fingerprint density at radius 2 is 1.50 bits per heavy atom. The summed E-state index contributed by atoms with van der Waals surface area (Å²) in [4.78, 5) is 22.9. The van der Waals surface area contributed by atoms with Crippen LogP contribution in [0.15, 0.2) is 53.4 Å². The van der Waals surface area contributed by atoms with Gasteiger partial charge in [-0.3, -0.25) is 9.59 Å². The van der Waals surface area contributed by atoms with E-state index in [2.05, 4.69) is 10.6 Å². The molecule has 2 N–H and O–H groups in total. The van der Waals surface area contributed by atoms with Gasteiger partial charge in [0.2, 0.25) is 21.8 Å². The molecule has 0 unspecified atom stereocenters. The lowest BCUT2D eigenvalue weighted by Crippen LogP contribution is -2.46. The molecule has 2 amide bonds. The summed E-state index contributed by atoms with van der Waals surface area (Å²) in [6.45, 7) is 4.04. The Morgan fingerprint density at radius 1 is 0.967 bits per heavy atom. The van der Waals surface area contributed by atoms with Gasteiger partial charge in [-0.2, -0.15) is 4.31 Å². The number of amides is 2. The van der Waals surface area contributed by atoms with Crippen molar-refractivity contribution in [3.63, 3.8) is 0 Å². The average Bonchev–Trinajstić information content (AvgIpc) is 2.74. The van der Waals surface area contributed by atoms with E-state index in [1.807, 2.05) is 24.3 Å². The molecular formula is C22H27N3O4S. The van der Waals surface area contributed by atoms with E-state index in [1.165, 1.54) is 11.2 Å². The van der Waals surface area contributed by atoms with Crippen molar-refractivity contribution in [3.8, 4) is 11.1 Å². The van der Waals surface area contributed by atoms with Crippen molar-refractivity contribution in [2.24, 2.45) is 0 Å². The fourth-order valence-corrected chi connectivity index (χ4v) is 4.96. The Balaban J connectivity index is 1.66. The second-order valence-electron chi connectivity index (χ2n) is 7.38. The zero-order valence-corrected chi connectivity index (χ0v) is 18.0. The van der Waals surface area contributed by atoms with Gasteiger partial charge in [-0.05, 0) is 48.2 Å². The summed E-state index contributed by atoms with van der Waals surface area (Å²) in [6, 6.07) is 14.2. The molecule has 1 heterocycles. The molecule has 30 heavy (non-hydrogen) atoms. The molecule has 3 rings (SSSR count). The van der Waals surface area contributed by atoms with Gasteiger partial charge < -0.3 is 10.6 Å². The van der Waals surface area contributed by atoms with Crippen LogP contribution in [0.2, 0.25) is 0 Å². The summed E-state index contributed by atoms with van der Waals surface area (Å²) >= 11 is 0. The van der Waals surface area contributed by atoms with Crippen molar-refractivity contribution in [1.82, 2.24) is 9.62 Å². The summed E-state index contributed by atoms with van der Waals surface area (Å²) in [5.74, 6) is -0.133. The second-order valence-corrected chi connectivity index (χ2v) is 9.32. The molecule has 1 aliphatic heterocycles. The number of hydrogen-bond acceptors (Lipinski definition) is 4. The number of sulfonamides is 1. The summed E-state index contributed by atoms with van der Waals surface area (Å²) in [7, 11) is -3.57. The molecule has 8 heteroatoms. The van der Waals surface area contributed by atoms with Gasteiger partial charge in [0, 0.05) is 38.2 Å². The maximum atomic E-state index is 13.0. The molecule has 1 aliphatic rings. The second kappa shape index (κ2) is 9.40. The first-order valence-corrected chi connectivity index (χ1v) is 11.5.